The van der Waals surface area contributed by atoms with Gasteiger partial charge in [0.2, 0.25) is 5.91 Å². The number of nitriles is 1. The van der Waals surface area contributed by atoms with Gasteiger partial charge in [0.25, 0.3) is 0 Å². The maximum Gasteiger partial charge on any atom is 0.222 e. The quantitative estimate of drug-likeness (QED) is 0.826. The minimum Gasteiger partial charge on any atom is -0.343 e. The molecule has 1 amide bonds. The van der Waals surface area contributed by atoms with Crippen molar-refractivity contribution < 1.29 is 4.79 Å². The third kappa shape index (κ3) is 3.65. The fourth-order valence-corrected chi connectivity index (χ4v) is 4.51. The van der Waals surface area contributed by atoms with E-state index >= 15 is 0 Å². The predicted octanol–water partition coefficient (Wildman–Crippen LogP) is 1.90. The second kappa shape index (κ2) is 7.81. The zero-order valence-electron chi connectivity index (χ0n) is 16.4. The Hall–Kier alpha value is -1.84. The molecule has 2 aliphatic rings. The number of rotatable bonds is 4. The molecule has 0 N–H and O–H groups in total. The molecule has 3 heterocycles. The fraction of sp³-hybridized carbons (Fsp3) is 0.700. The van der Waals surface area contributed by atoms with Gasteiger partial charge in [-0.05, 0) is 45.4 Å². The van der Waals surface area contributed by atoms with E-state index in [0.29, 0.717) is 12.3 Å². The summed E-state index contributed by atoms with van der Waals surface area (Å²) in [6, 6.07) is 4.30. The fourth-order valence-electron chi connectivity index (χ4n) is 4.51. The first-order chi connectivity index (χ1) is 12.5. The molecule has 0 radical (unpaired) electrons. The Morgan fingerprint density at radius 1 is 1.19 bits per heavy atom. The van der Waals surface area contributed by atoms with Crippen molar-refractivity contribution in [2.24, 2.45) is 0 Å². The maximum absolute atomic E-state index is 12.3. The number of likely N-dealkylation sites (tertiary alicyclic amines) is 1. The van der Waals surface area contributed by atoms with Gasteiger partial charge in [0.1, 0.15) is 11.8 Å². The number of aryl methyl sites for hydroxylation is 1. The molecule has 0 saturated carbocycles. The second-order valence-electron chi connectivity index (χ2n) is 7.71. The summed E-state index contributed by atoms with van der Waals surface area (Å²) in [6.07, 6.45) is 4.74. The Labute approximate surface area is 157 Å². The molecule has 1 aromatic rings. The molecule has 1 atom stereocenters. The number of hydrogen-bond acceptors (Lipinski definition) is 4. The smallest absolute Gasteiger partial charge is 0.222 e. The van der Waals surface area contributed by atoms with E-state index in [1.165, 1.54) is 5.56 Å². The largest absolute Gasteiger partial charge is 0.343 e. The Balaban J connectivity index is 1.73. The van der Waals surface area contributed by atoms with Gasteiger partial charge in [-0.2, -0.15) is 5.26 Å². The Kier molecular flexibility index (Phi) is 5.69. The molecule has 1 aromatic heterocycles. The van der Waals surface area contributed by atoms with E-state index in [2.05, 4.69) is 43.0 Å². The van der Waals surface area contributed by atoms with Crippen LogP contribution in [0.4, 0.5) is 0 Å². The third-order valence-electron chi connectivity index (χ3n) is 6.28. The van der Waals surface area contributed by atoms with Gasteiger partial charge in [0.15, 0.2) is 0 Å². The van der Waals surface area contributed by atoms with Crippen molar-refractivity contribution in [1.82, 2.24) is 19.3 Å². The van der Waals surface area contributed by atoms with Crippen LogP contribution in [-0.4, -0.2) is 70.5 Å². The lowest BCUT2D eigenvalue weighted by Crippen LogP contribution is -2.60. The van der Waals surface area contributed by atoms with Crippen LogP contribution in [0.1, 0.15) is 44.4 Å². The van der Waals surface area contributed by atoms with Crippen molar-refractivity contribution in [3.05, 3.63) is 23.5 Å². The maximum atomic E-state index is 12.3. The standard InChI is InChI=1S/C20H31N5O/c1-4-24-9-8-20(7-6-19(24)26)16-23(11-10-22(20)3)14-17-12-18(13-21)25(5-2)15-17/h12,15H,4-11,14,16H2,1-3H3/t20-/m0/s1. The van der Waals surface area contributed by atoms with Gasteiger partial charge in [-0.3, -0.25) is 14.6 Å². The Bertz CT molecular complexity index is 691. The van der Waals surface area contributed by atoms with Gasteiger partial charge < -0.3 is 9.47 Å². The van der Waals surface area contributed by atoms with Crippen molar-refractivity contribution in [2.75, 3.05) is 39.8 Å². The number of amides is 1. The van der Waals surface area contributed by atoms with Gasteiger partial charge in [-0.15, -0.1) is 0 Å². The zero-order valence-corrected chi connectivity index (χ0v) is 16.4. The van der Waals surface area contributed by atoms with E-state index in [1.54, 1.807) is 0 Å². The lowest BCUT2D eigenvalue weighted by atomic mass is 9.86. The monoisotopic (exact) mass is 357 g/mol. The van der Waals surface area contributed by atoms with Crippen LogP contribution in [0.15, 0.2) is 12.3 Å². The molecule has 3 rings (SSSR count). The van der Waals surface area contributed by atoms with E-state index in [-0.39, 0.29) is 5.54 Å². The van der Waals surface area contributed by atoms with Crippen LogP contribution in [-0.2, 0) is 17.9 Å². The van der Waals surface area contributed by atoms with Crippen molar-refractivity contribution in [1.29, 1.82) is 5.26 Å². The van der Waals surface area contributed by atoms with Gasteiger partial charge >= 0.3 is 0 Å². The van der Waals surface area contributed by atoms with E-state index in [9.17, 15) is 10.1 Å². The molecule has 0 aliphatic carbocycles. The molecule has 2 aliphatic heterocycles. The highest BCUT2D eigenvalue weighted by molar-refractivity contribution is 5.76. The molecular formula is C20H31N5O. The van der Waals surface area contributed by atoms with E-state index < -0.39 is 0 Å². The molecule has 0 bridgehead atoms. The summed E-state index contributed by atoms with van der Waals surface area (Å²) in [5.74, 6) is 0.300. The van der Waals surface area contributed by atoms with Crippen LogP contribution in [0.5, 0.6) is 0 Å². The molecular weight excluding hydrogens is 326 g/mol. The number of carbonyl (C=O) groups is 1. The van der Waals surface area contributed by atoms with Crippen LogP contribution in [0, 0.1) is 11.3 Å². The molecule has 2 fully saturated rings. The summed E-state index contributed by atoms with van der Waals surface area (Å²) >= 11 is 0. The first-order valence-electron chi connectivity index (χ1n) is 9.82. The van der Waals surface area contributed by atoms with E-state index in [0.717, 1.165) is 64.3 Å². The number of piperazine rings is 1. The number of aromatic nitrogens is 1. The molecule has 2 saturated heterocycles. The van der Waals surface area contributed by atoms with Crippen molar-refractivity contribution in [3.63, 3.8) is 0 Å². The first-order valence-corrected chi connectivity index (χ1v) is 9.82. The van der Waals surface area contributed by atoms with Gasteiger partial charge in [-0.1, -0.05) is 0 Å². The van der Waals surface area contributed by atoms with E-state index in [1.807, 2.05) is 15.5 Å². The van der Waals surface area contributed by atoms with Crippen LogP contribution < -0.4 is 0 Å². The predicted molar refractivity (Wildman–Crippen MR) is 102 cm³/mol. The summed E-state index contributed by atoms with van der Waals surface area (Å²) in [5, 5.41) is 9.28. The lowest BCUT2D eigenvalue weighted by molar-refractivity contribution is -0.130. The molecule has 6 heteroatoms. The summed E-state index contributed by atoms with van der Waals surface area (Å²) < 4.78 is 2.02. The lowest BCUT2D eigenvalue weighted by Gasteiger charge is -2.49. The Morgan fingerprint density at radius 3 is 2.65 bits per heavy atom. The normalized spacial score (nSPS) is 25.5. The average molecular weight is 358 g/mol. The SMILES string of the molecule is CCN1CC[C@@]2(CCC1=O)CN(Cc1cc(C#N)n(CC)c1)CCN2C. The number of carbonyl (C=O) groups excluding carboxylic acids is 1. The summed E-state index contributed by atoms with van der Waals surface area (Å²) in [6.45, 7) is 10.6. The zero-order chi connectivity index (χ0) is 18.7. The molecule has 26 heavy (non-hydrogen) atoms. The number of likely N-dealkylation sites (N-methyl/N-ethyl adjacent to an activating group) is 1. The summed E-state index contributed by atoms with van der Waals surface area (Å²) in [5.41, 5.74) is 2.04. The molecule has 1 spiro atoms. The van der Waals surface area contributed by atoms with Crippen molar-refractivity contribution >= 4 is 5.91 Å². The van der Waals surface area contributed by atoms with Crippen LogP contribution in [0.25, 0.3) is 0 Å². The van der Waals surface area contributed by atoms with Crippen molar-refractivity contribution in [2.45, 2.75) is 51.7 Å². The highest BCUT2D eigenvalue weighted by Gasteiger charge is 2.42. The van der Waals surface area contributed by atoms with Crippen LogP contribution in [0.2, 0.25) is 0 Å². The third-order valence-corrected chi connectivity index (χ3v) is 6.28. The molecule has 6 nitrogen and oxygen atoms in total. The average Bonchev–Trinajstić information content (AvgIpc) is 2.97. The van der Waals surface area contributed by atoms with E-state index in [4.69, 9.17) is 0 Å². The first kappa shape index (κ1) is 18.9. The number of nitrogens with zero attached hydrogens (tertiary/aromatic N) is 5. The minimum absolute atomic E-state index is 0.0865. The van der Waals surface area contributed by atoms with Crippen LogP contribution >= 0.6 is 0 Å². The van der Waals surface area contributed by atoms with Gasteiger partial charge in [0.05, 0.1) is 0 Å². The highest BCUT2D eigenvalue weighted by Crippen LogP contribution is 2.32. The summed E-state index contributed by atoms with van der Waals surface area (Å²) in [4.78, 5) is 19.3. The van der Waals surface area contributed by atoms with Crippen molar-refractivity contribution in [3.8, 4) is 6.07 Å². The highest BCUT2D eigenvalue weighted by atomic mass is 16.2. The second-order valence-corrected chi connectivity index (χ2v) is 7.71. The molecule has 0 unspecified atom stereocenters. The molecule has 142 valence electrons. The minimum atomic E-state index is 0.0865. The van der Waals surface area contributed by atoms with Crippen LogP contribution in [0.3, 0.4) is 0 Å². The molecule has 0 aromatic carbocycles. The number of hydrogen-bond donors (Lipinski definition) is 0. The van der Waals surface area contributed by atoms with Gasteiger partial charge in [0, 0.05) is 64.0 Å². The summed E-state index contributed by atoms with van der Waals surface area (Å²) in [7, 11) is 2.21. The topological polar surface area (TPSA) is 55.5 Å². The van der Waals surface area contributed by atoms with Gasteiger partial charge in [-0.25, -0.2) is 0 Å². The Morgan fingerprint density at radius 2 is 2.00 bits per heavy atom.